The molecule has 0 fully saturated rings. The van der Waals surface area contributed by atoms with Gasteiger partial charge in [0.15, 0.2) is 0 Å². The molecule has 0 nitrogen and oxygen atoms in total. The van der Waals surface area contributed by atoms with E-state index in [1.165, 1.54) is 65.1 Å². The third kappa shape index (κ3) is 2.35. The van der Waals surface area contributed by atoms with Gasteiger partial charge < -0.3 is 0 Å². The van der Waals surface area contributed by atoms with E-state index in [0.717, 1.165) is 0 Å². The summed E-state index contributed by atoms with van der Waals surface area (Å²) in [6.45, 7) is 4.74. The van der Waals surface area contributed by atoms with Crippen LogP contribution in [-0.4, -0.2) is 0 Å². The number of hydrogen-bond acceptors (Lipinski definition) is 1. The van der Waals surface area contributed by atoms with Gasteiger partial charge >= 0.3 is 0 Å². The second kappa shape index (κ2) is 6.37. The lowest BCUT2D eigenvalue weighted by atomic mass is 9.78. The fourth-order valence-corrected chi connectivity index (χ4v) is 7.02. The van der Waals surface area contributed by atoms with Crippen molar-refractivity contribution in [2.45, 2.75) is 29.1 Å². The molecule has 0 amide bonds. The predicted molar refractivity (Wildman–Crippen MR) is 137 cm³/mol. The lowest BCUT2D eigenvalue weighted by Gasteiger charge is -2.26. The summed E-state index contributed by atoms with van der Waals surface area (Å²) in [5.74, 6) is 0. The molecule has 5 aromatic rings. The highest BCUT2D eigenvalue weighted by atomic mass is 32.2. The quantitative estimate of drug-likeness (QED) is 0.253. The number of benzene rings is 5. The summed E-state index contributed by atoms with van der Waals surface area (Å²) >= 11 is 1.90. The largest absolute Gasteiger partial charge is 0.0888 e. The Hall–Kier alpha value is -3.29. The minimum absolute atomic E-state index is 0.0176. The molecule has 1 heterocycles. The first-order valence-corrected chi connectivity index (χ1v) is 12.0. The highest BCUT2D eigenvalue weighted by molar-refractivity contribution is 7.99. The molecule has 0 N–H and O–H groups in total. The molecule has 5 aromatic carbocycles. The topological polar surface area (TPSA) is 0 Å². The van der Waals surface area contributed by atoms with Crippen molar-refractivity contribution >= 4 is 22.5 Å². The summed E-state index contributed by atoms with van der Waals surface area (Å²) in [5, 5.41) is 2.71. The first kappa shape index (κ1) is 18.3. The van der Waals surface area contributed by atoms with Crippen LogP contribution in [0, 0.1) is 0 Å². The van der Waals surface area contributed by atoms with Crippen molar-refractivity contribution in [3.05, 3.63) is 108 Å². The Kier molecular flexibility index (Phi) is 3.64. The number of rotatable bonds is 1. The van der Waals surface area contributed by atoms with E-state index in [1.54, 1.807) is 0 Å². The van der Waals surface area contributed by atoms with E-state index in [-0.39, 0.29) is 5.41 Å². The molecule has 2 aliphatic rings. The lowest BCUT2D eigenvalue weighted by Crippen LogP contribution is -2.16. The molecule has 0 radical (unpaired) electrons. The van der Waals surface area contributed by atoms with Crippen molar-refractivity contribution in [3.63, 3.8) is 0 Å². The van der Waals surface area contributed by atoms with E-state index in [0.29, 0.717) is 0 Å². The molecule has 152 valence electrons. The first-order valence-electron chi connectivity index (χ1n) is 11.2. The maximum Gasteiger partial charge on any atom is 0.0213 e. The molecule has 0 spiro atoms. The van der Waals surface area contributed by atoms with Crippen LogP contribution in [-0.2, 0) is 5.41 Å². The predicted octanol–water partition coefficient (Wildman–Crippen LogP) is 8.94. The molecule has 0 aromatic heterocycles. The van der Waals surface area contributed by atoms with Crippen LogP contribution in [0.3, 0.4) is 0 Å². The highest BCUT2D eigenvalue weighted by Crippen LogP contribution is 2.54. The van der Waals surface area contributed by atoms with Gasteiger partial charge in [-0.1, -0.05) is 104 Å². The van der Waals surface area contributed by atoms with Crippen LogP contribution in [0.2, 0.25) is 0 Å². The smallest absolute Gasteiger partial charge is 0.0213 e. The second-order valence-electron chi connectivity index (χ2n) is 9.38. The summed E-state index contributed by atoms with van der Waals surface area (Å²) in [4.78, 5) is 2.70. The third-order valence-corrected chi connectivity index (χ3v) is 8.35. The van der Waals surface area contributed by atoms with Gasteiger partial charge in [-0.2, -0.15) is 0 Å². The Bertz CT molecular complexity index is 1570. The van der Waals surface area contributed by atoms with E-state index in [1.807, 2.05) is 11.8 Å². The van der Waals surface area contributed by atoms with Gasteiger partial charge in [-0.05, 0) is 68.1 Å². The minimum Gasteiger partial charge on any atom is -0.0888 e. The molecule has 0 saturated carbocycles. The van der Waals surface area contributed by atoms with Crippen LogP contribution >= 0.6 is 11.8 Å². The highest BCUT2D eigenvalue weighted by Gasteiger charge is 2.37. The average Bonchev–Trinajstić information content (AvgIpc) is 3.06. The SMILES string of the molecule is CC1(C)c2ccccc2-c2cccc(-c3cc4c5c(cccc5c3)-c3ccccc3S4)c21. The number of fused-ring (bicyclic) bond motifs is 5. The van der Waals surface area contributed by atoms with E-state index in [9.17, 15) is 0 Å². The third-order valence-electron chi connectivity index (χ3n) is 7.23. The summed E-state index contributed by atoms with van der Waals surface area (Å²) in [5.41, 5.74) is 11.0. The Morgan fingerprint density at radius 3 is 2.16 bits per heavy atom. The van der Waals surface area contributed by atoms with Crippen LogP contribution in [0.25, 0.3) is 44.2 Å². The summed E-state index contributed by atoms with van der Waals surface area (Å²) < 4.78 is 0. The van der Waals surface area contributed by atoms with Gasteiger partial charge in [0.25, 0.3) is 0 Å². The molecule has 7 rings (SSSR count). The molecule has 0 bridgehead atoms. The number of hydrogen-bond donors (Lipinski definition) is 0. The Morgan fingerprint density at radius 1 is 0.562 bits per heavy atom. The van der Waals surface area contributed by atoms with Crippen LogP contribution < -0.4 is 0 Å². The lowest BCUT2D eigenvalue weighted by molar-refractivity contribution is 0.662. The monoisotopic (exact) mass is 426 g/mol. The standard InChI is InChI=1S/C31H22S/c1-31(2)26-15-5-3-10-22(26)25-14-8-12-21(30(25)31)20-17-19-9-7-13-24-23-11-4-6-16-27(23)32-28(18-20)29(19)24/h3-18H,1-2H3. The van der Waals surface area contributed by atoms with Crippen molar-refractivity contribution in [1.29, 1.82) is 0 Å². The zero-order valence-corrected chi connectivity index (χ0v) is 19.0. The van der Waals surface area contributed by atoms with E-state index in [4.69, 9.17) is 0 Å². The normalized spacial score (nSPS) is 14.7. The molecule has 1 aliphatic heterocycles. The minimum atomic E-state index is -0.0176. The van der Waals surface area contributed by atoms with Crippen LogP contribution in [0.4, 0.5) is 0 Å². The van der Waals surface area contributed by atoms with Gasteiger partial charge in [0.05, 0.1) is 0 Å². The van der Waals surface area contributed by atoms with Crippen LogP contribution in [0.5, 0.6) is 0 Å². The zero-order valence-electron chi connectivity index (χ0n) is 18.1. The van der Waals surface area contributed by atoms with Crippen LogP contribution in [0.1, 0.15) is 25.0 Å². The molecule has 1 heteroatoms. The summed E-state index contributed by atoms with van der Waals surface area (Å²) in [6, 6.07) is 36.1. The second-order valence-corrected chi connectivity index (χ2v) is 10.5. The average molecular weight is 427 g/mol. The maximum atomic E-state index is 2.42. The summed E-state index contributed by atoms with van der Waals surface area (Å²) in [7, 11) is 0. The van der Waals surface area contributed by atoms with E-state index in [2.05, 4.69) is 111 Å². The van der Waals surface area contributed by atoms with Crippen molar-refractivity contribution < 1.29 is 0 Å². The van der Waals surface area contributed by atoms with Crippen molar-refractivity contribution in [3.8, 4) is 33.4 Å². The Morgan fingerprint density at radius 2 is 1.25 bits per heavy atom. The van der Waals surface area contributed by atoms with Gasteiger partial charge in [-0.25, -0.2) is 0 Å². The van der Waals surface area contributed by atoms with Gasteiger partial charge in [-0.15, -0.1) is 0 Å². The Labute approximate surface area is 192 Å². The van der Waals surface area contributed by atoms with Crippen molar-refractivity contribution in [2.75, 3.05) is 0 Å². The molecular formula is C31H22S. The van der Waals surface area contributed by atoms with Crippen LogP contribution in [0.15, 0.2) is 107 Å². The van der Waals surface area contributed by atoms with Gasteiger partial charge in [0, 0.05) is 20.6 Å². The van der Waals surface area contributed by atoms with E-state index >= 15 is 0 Å². The fourth-order valence-electron chi connectivity index (χ4n) is 5.83. The van der Waals surface area contributed by atoms with Crippen molar-refractivity contribution in [2.24, 2.45) is 0 Å². The van der Waals surface area contributed by atoms with E-state index < -0.39 is 0 Å². The fraction of sp³-hybridized carbons (Fsp3) is 0.0968. The van der Waals surface area contributed by atoms with Gasteiger partial charge in [0.2, 0.25) is 0 Å². The van der Waals surface area contributed by atoms with Gasteiger partial charge in [0.1, 0.15) is 0 Å². The van der Waals surface area contributed by atoms with Crippen molar-refractivity contribution in [1.82, 2.24) is 0 Å². The molecule has 0 saturated heterocycles. The van der Waals surface area contributed by atoms with Gasteiger partial charge in [-0.3, -0.25) is 0 Å². The molecule has 32 heavy (non-hydrogen) atoms. The maximum absolute atomic E-state index is 2.42. The molecular weight excluding hydrogens is 404 g/mol. The Balaban J connectivity index is 1.51. The molecule has 0 atom stereocenters. The molecule has 0 unspecified atom stereocenters. The first-order chi connectivity index (χ1) is 15.6. The summed E-state index contributed by atoms with van der Waals surface area (Å²) in [6.07, 6.45) is 0. The molecule has 1 aliphatic carbocycles. The zero-order chi connectivity index (χ0) is 21.4.